The summed E-state index contributed by atoms with van der Waals surface area (Å²) in [4.78, 5) is 22.1. The Kier molecular flexibility index (Phi) is 5.72. The zero-order valence-electron chi connectivity index (χ0n) is 17.6. The summed E-state index contributed by atoms with van der Waals surface area (Å²) in [7, 11) is 0. The average Bonchev–Trinajstić information content (AvgIpc) is 2.99. The molecule has 154 valence electrons. The van der Waals surface area contributed by atoms with Crippen LogP contribution >= 0.6 is 0 Å². The minimum atomic E-state index is 0.0192. The van der Waals surface area contributed by atoms with E-state index in [2.05, 4.69) is 41.0 Å². The van der Waals surface area contributed by atoms with Crippen LogP contribution in [0.25, 0.3) is 5.65 Å². The minimum absolute atomic E-state index is 0.0192. The molecule has 2 aliphatic rings. The van der Waals surface area contributed by atoms with Crippen molar-refractivity contribution in [2.45, 2.75) is 33.6 Å². The summed E-state index contributed by atoms with van der Waals surface area (Å²) in [5.74, 6) is 7.76. The molecule has 1 fully saturated rings. The van der Waals surface area contributed by atoms with Gasteiger partial charge < -0.3 is 15.1 Å². The van der Waals surface area contributed by atoms with E-state index in [1.54, 1.807) is 6.20 Å². The van der Waals surface area contributed by atoms with Crippen molar-refractivity contribution in [3.63, 3.8) is 0 Å². The van der Waals surface area contributed by atoms with Crippen LogP contribution in [0.5, 0.6) is 0 Å². The third-order valence-electron chi connectivity index (χ3n) is 5.66. The highest BCUT2D eigenvalue weighted by Crippen LogP contribution is 2.32. The summed E-state index contributed by atoms with van der Waals surface area (Å²) in [5.41, 5.74) is 3.32. The molecule has 1 N–H and O–H groups in total. The Balaban J connectivity index is 1.55. The first-order valence-corrected chi connectivity index (χ1v) is 10.6. The fourth-order valence-corrected chi connectivity index (χ4v) is 4.25. The zero-order valence-corrected chi connectivity index (χ0v) is 17.6. The van der Waals surface area contributed by atoms with E-state index in [1.807, 2.05) is 22.4 Å². The average molecular weight is 395 g/mol. The number of aromatic nitrogens is 3. The monoisotopic (exact) mass is 394 g/mol. The standard InChI is InChI=1S/C22H30N6O/c1-4-5-12-26(13-16(2)3)22(29)17-14-27(15-17)21-18-6-9-23-10-7-19(18)25-20-8-11-24-28(20)21/h8,11,16-17,23H,6-7,9-10,12-15H2,1-3H3. The normalized spacial score (nSPS) is 16.8. The third-order valence-corrected chi connectivity index (χ3v) is 5.66. The number of hydrogen-bond acceptors (Lipinski definition) is 5. The summed E-state index contributed by atoms with van der Waals surface area (Å²) in [5, 5.41) is 7.98. The largest absolute Gasteiger partial charge is 0.354 e. The highest BCUT2D eigenvalue weighted by Gasteiger charge is 2.38. The van der Waals surface area contributed by atoms with Crippen molar-refractivity contribution in [3.05, 3.63) is 23.5 Å². The van der Waals surface area contributed by atoms with Crippen molar-refractivity contribution in [2.75, 3.05) is 44.2 Å². The summed E-state index contributed by atoms with van der Waals surface area (Å²) in [6.07, 6.45) is 3.67. The molecule has 0 spiro atoms. The maximum Gasteiger partial charge on any atom is 0.230 e. The van der Waals surface area contributed by atoms with Crippen molar-refractivity contribution in [1.82, 2.24) is 24.8 Å². The molecule has 0 aliphatic carbocycles. The molecule has 0 saturated carbocycles. The molecule has 0 radical (unpaired) electrons. The molecular formula is C22H30N6O. The first-order chi connectivity index (χ1) is 14.1. The Hall–Kier alpha value is -2.59. The van der Waals surface area contributed by atoms with E-state index in [-0.39, 0.29) is 11.8 Å². The maximum absolute atomic E-state index is 13.1. The molecule has 7 nitrogen and oxygen atoms in total. The molecule has 0 bridgehead atoms. The molecule has 2 aromatic rings. The molecule has 7 heteroatoms. The molecule has 0 aromatic carbocycles. The second-order valence-corrected chi connectivity index (χ2v) is 8.35. The Morgan fingerprint density at radius 1 is 1.34 bits per heavy atom. The number of hydrogen-bond donors (Lipinski definition) is 1. The van der Waals surface area contributed by atoms with Crippen molar-refractivity contribution in [2.24, 2.45) is 11.8 Å². The summed E-state index contributed by atoms with van der Waals surface area (Å²) >= 11 is 0. The van der Waals surface area contributed by atoms with Gasteiger partial charge in [0.15, 0.2) is 5.65 Å². The zero-order chi connectivity index (χ0) is 20.4. The summed E-state index contributed by atoms with van der Waals surface area (Å²) in [6.45, 7) is 10.7. The summed E-state index contributed by atoms with van der Waals surface area (Å²) < 4.78 is 1.94. The van der Waals surface area contributed by atoms with Gasteiger partial charge in [0.25, 0.3) is 0 Å². The van der Waals surface area contributed by atoms with Gasteiger partial charge in [-0.05, 0) is 25.8 Å². The third kappa shape index (κ3) is 3.95. The van der Waals surface area contributed by atoms with Crippen molar-refractivity contribution < 1.29 is 4.79 Å². The van der Waals surface area contributed by atoms with Crippen LogP contribution in [0.4, 0.5) is 5.82 Å². The molecule has 4 heterocycles. The van der Waals surface area contributed by atoms with Crippen LogP contribution in [0.1, 0.15) is 32.0 Å². The van der Waals surface area contributed by atoms with E-state index in [4.69, 9.17) is 4.98 Å². The first kappa shape index (κ1) is 19.7. The van der Waals surface area contributed by atoms with Crippen LogP contribution in [0.2, 0.25) is 0 Å². The van der Waals surface area contributed by atoms with Crippen molar-refractivity contribution >= 4 is 17.4 Å². The van der Waals surface area contributed by atoms with Gasteiger partial charge in [-0.2, -0.15) is 9.61 Å². The van der Waals surface area contributed by atoms with Crippen LogP contribution in [0, 0.1) is 23.7 Å². The topological polar surface area (TPSA) is 65.8 Å². The molecule has 2 aromatic heterocycles. The van der Waals surface area contributed by atoms with E-state index < -0.39 is 0 Å². The second-order valence-electron chi connectivity index (χ2n) is 8.35. The Morgan fingerprint density at radius 2 is 2.14 bits per heavy atom. The second kappa shape index (κ2) is 8.42. The van der Waals surface area contributed by atoms with Gasteiger partial charge in [0.1, 0.15) is 5.82 Å². The molecule has 29 heavy (non-hydrogen) atoms. The number of amides is 1. The van der Waals surface area contributed by atoms with Gasteiger partial charge in [0.2, 0.25) is 5.91 Å². The lowest BCUT2D eigenvalue weighted by atomic mass is 9.96. The van der Waals surface area contributed by atoms with Gasteiger partial charge in [0, 0.05) is 44.2 Å². The molecule has 0 atom stereocenters. The first-order valence-electron chi connectivity index (χ1n) is 10.6. The van der Waals surface area contributed by atoms with Gasteiger partial charge >= 0.3 is 0 Å². The number of anilines is 1. The predicted molar refractivity (Wildman–Crippen MR) is 114 cm³/mol. The molecule has 4 rings (SSSR count). The van der Waals surface area contributed by atoms with E-state index >= 15 is 0 Å². The van der Waals surface area contributed by atoms with Gasteiger partial charge in [-0.15, -0.1) is 5.92 Å². The van der Waals surface area contributed by atoms with Gasteiger partial charge in [-0.25, -0.2) is 4.98 Å². The minimum Gasteiger partial charge on any atom is -0.354 e. The highest BCUT2D eigenvalue weighted by atomic mass is 16.2. The van der Waals surface area contributed by atoms with Crippen molar-refractivity contribution in [1.29, 1.82) is 0 Å². The number of carbonyl (C=O) groups is 1. The van der Waals surface area contributed by atoms with Crippen LogP contribution in [0.3, 0.4) is 0 Å². The highest BCUT2D eigenvalue weighted by molar-refractivity contribution is 5.82. The Morgan fingerprint density at radius 3 is 2.90 bits per heavy atom. The quantitative estimate of drug-likeness (QED) is 0.776. The van der Waals surface area contributed by atoms with Crippen LogP contribution in [-0.4, -0.2) is 64.7 Å². The van der Waals surface area contributed by atoms with Gasteiger partial charge in [-0.1, -0.05) is 19.8 Å². The van der Waals surface area contributed by atoms with Gasteiger partial charge in [0.05, 0.1) is 24.4 Å². The number of carbonyl (C=O) groups excluding carboxylic acids is 1. The Bertz CT molecular complexity index is 947. The molecule has 0 unspecified atom stereocenters. The van der Waals surface area contributed by atoms with E-state index in [0.29, 0.717) is 12.5 Å². The lowest BCUT2D eigenvalue weighted by molar-refractivity contribution is -0.136. The molecule has 1 amide bonds. The van der Waals surface area contributed by atoms with E-state index in [1.165, 1.54) is 5.56 Å². The summed E-state index contributed by atoms with van der Waals surface area (Å²) in [6, 6.07) is 1.96. The number of fused-ring (bicyclic) bond motifs is 2. The van der Waals surface area contributed by atoms with Crippen LogP contribution < -0.4 is 10.2 Å². The lowest BCUT2D eigenvalue weighted by Gasteiger charge is -2.42. The molecule has 2 aliphatic heterocycles. The fraction of sp³-hybridized carbons (Fsp3) is 0.591. The molecular weight excluding hydrogens is 364 g/mol. The van der Waals surface area contributed by atoms with Crippen molar-refractivity contribution in [3.8, 4) is 11.8 Å². The smallest absolute Gasteiger partial charge is 0.230 e. The van der Waals surface area contributed by atoms with E-state index in [0.717, 1.165) is 62.7 Å². The van der Waals surface area contributed by atoms with Gasteiger partial charge in [-0.3, -0.25) is 4.79 Å². The number of nitrogens with zero attached hydrogens (tertiary/aromatic N) is 5. The molecule has 1 saturated heterocycles. The predicted octanol–water partition coefficient (Wildman–Crippen LogP) is 1.36. The van der Waals surface area contributed by atoms with E-state index in [9.17, 15) is 4.79 Å². The number of nitrogens with one attached hydrogen (secondary N) is 1. The maximum atomic E-state index is 13.1. The Labute approximate surface area is 172 Å². The number of rotatable bonds is 5. The van der Waals surface area contributed by atoms with Crippen LogP contribution in [0.15, 0.2) is 12.3 Å². The van der Waals surface area contributed by atoms with Crippen LogP contribution in [-0.2, 0) is 17.6 Å². The lowest BCUT2D eigenvalue weighted by Crippen LogP contribution is -2.56. The fourth-order valence-electron chi connectivity index (χ4n) is 4.25. The SMILES string of the molecule is CC#CCN(CC(C)C)C(=O)C1CN(c2c3c(nc4ccnn24)CCNCC3)C1.